The smallest absolute Gasteiger partial charge is 0.407 e. The number of aliphatic hydroxyl groups is 1. The van der Waals surface area contributed by atoms with Crippen molar-refractivity contribution in [2.75, 3.05) is 32.8 Å². The highest BCUT2D eigenvalue weighted by atomic mass is 32.1. The molecule has 136 valence electrons. The molecule has 1 saturated heterocycles. The van der Waals surface area contributed by atoms with E-state index in [2.05, 4.69) is 9.88 Å². The lowest BCUT2D eigenvalue weighted by Crippen LogP contribution is -2.55. The molecule has 1 aromatic heterocycles. The van der Waals surface area contributed by atoms with Crippen LogP contribution in [0.5, 0.6) is 5.75 Å². The molecule has 2 N–H and O–H groups in total. The third kappa shape index (κ3) is 4.39. The second-order valence-corrected chi connectivity index (χ2v) is 7.63. The van der Waals surface area contributed by atoms with Crippen molar-refractivity contribution < 1.29 is 19.7 Å². The van der Waals surface area contributed by atoms with Gasteiger partial charge in [0.15, 0.2) is 0 Å². The number of aliphatic hydroxyl groups excluding tert-OH is 1. The molecule has 0 saturated carbocycles. The first-order valence-electron chi connectivity index (χ1n) is 8.32. The van der Waals surface area contributed by atoms with Gasteiger partial charge in [-0.15, -0.1) is 11.3 Å². The molecular formula is C17H23N3O4S. The van der Waals surface area contributed by atoms with Gasteiger partial charge in [0.25, 0.3) is 0 Å². The van der Waals surface area contributed by atoms with Crippen molar-refractivity contribution in [1.29, 1.82) is 0 Å². The van der Waals surface area contributed by atoms with E-state index in [0.717, 1.165) is 21.0 Å². The van der Waals surface area contributed by atoms with Crippen molar-refractivity contribution in [3.8, 4) is 5.75 Å². The molecule has 8 heteroatoms. The minimum absolute atomic E-state index is 0.0796. The second-order valence-electron chi connectivity index (χ2n) is 6.40. The monoisotopic (exact) mass is 365 g/mol. The predicted octanol–water partition coefficient (Wildman–Crippen LogP) is 2.03. The number of aromatic nitrogens is 1. The molecule has 1 aromatic carbocycles. The van der Waals surface area contributed by atoms with Gasteiger partial charge in [0.05, 0.1) is 15.2 Å². The van der Waals surface area contributed by atoms with E-state index in [0.29, 0.717) is 26.2 Å². The van der Waals surface area contributed by atoms with E-state index >= 15 is 0 Å². The zero-order chi connectivity index (χ0) is 18.0. The fraction of sp³-hybridized carbons (Fsp3) is 0.529. The summed E-state index contributed by atoms with van der Waals surface area (Å²) in [6.07, 6.45) is -1.51. The maximum atomic E-state index is 11.0. The van der Waals surface area contributed by atoms with Crippen molar-refractivity contribution in [3.05, 3.63) is 23.2 Å². The number of thiazole rings is 1. The number of benzene rings is 1. The summed E-state index contributed by atoms with van der Waals surface area (Å²) in [6.45, 7) is 6.17. The molecule has 2 aromatic rings. The molecule has 1 fully saturated rings. The molecule has 25 heavy (non-hydrogen) atoms. The Morgan fingerprint density at radius 3 is 3.00 bits per heavy atom. The Kier molecular flexibility index (Phi) is 5.41. The average Bonchev–Trinajstić information content (AvgIpc) is 2.94. The van der Waals surface area contributed by atoms with Crippen LogP contribution in [0.1, 0.15) is 11.9 Å². The number of aryl methyl sites for hydroxylation is 1. The van der Waals surface area contributed by atoms with E-state index in [1.807, 2.05) is 32.0 Å². The van der Waals surface area contributed by atoms with Gasteiger partial charge in [0.2, 0.25) is 0 Å². The number of nitrogens with zero attached hydrogens (tertiary/aromatic N) is 3. The predicted molar refractivity (Wildman–Crippen MR) is 96.5 cm³/mol. The first-order valence-corrected chi connectivity index (χ1v) is 9.14. The Balaban J connectivity index is 1.50. The van der Waals surface area contributed by atoms with Gasteiger partial charge in [0, 0.05) is 32.2 Å². The highest BCUT2D eigenvalue weighted by Gasteiger charge is 2.27. The first kappa shape index (κ1) is 17.9. The zero-order valence-electron chi connectivity index (χ0n) is 14.4. The minimum atomic E-state index is -0.885. The first-order chi connectivity index (χ1) is 11.9. The van der Waals surface area contributed by atoms with Crippen molar-refractivity contribution >= 4 is 27.6 Å². The van der Waals surface area contributed by atoms with E-state index in [1.165, 1.54) is 4.90 Å². The lowest BCUT2D eigenvalue weighted by Gasteiger charge is -2.39. The van der Waals surface area contributed by atoms with Crippen molar-refractivity contribution in [2.24, 2.45) is 0 Å². The van der Waals surface area contributed by atoms with E-state index in [4.69, 9.17) is 9.84 Å². The molecule has 0 radical (unpaired) electrons. The molecule has 7 nitrogen and oxygen atoms in total. The Hall–Kier alpha value is -1.90. The minimum Gasteiger partial charge on any atom is -0.491 e. The number of fused-ring (bicyclic) bond motifs is 1. The maximum Gasteiger partial charge on any atom is 0.407 e. The van der Waals surface area contributed by atoms with Crippen LogP contribution in [0.3, 0.4) is 0 Å². The summed E-state index contributed by atoms with van der Waals surface area (Å²) in [4.78, 5) is 18.9. The molecule has 3 rings (SSSR count). The number of hydrogen-bond acceptors (Lipinski definition) is 6. The van der Waals surface area contributed by atoms with E-state index in [9.17, 15) is 9.90 Å². The number of carbonyl (C=O) groups is 1. The number of rotatable bonds is 5. The topological polar surface area (TPSA) is 86.1 Å². The normalized spacial score (nSPS) is 20.0. The number of ether oxygens (including phenoxy) is 1. The Morgan fingerprint density at radius 2 is 2.28 bits per heavy atom. The van der Waals surface area contributed by atoms with E-state index in [-0.39, 0.29) is 12.6 Å². The SMILES string of the molecule is Cc1nc2ccc(OC[C@@H](O)CN3CCN(C(=O)O)C[C@@H]3C)cc2s1. The lowest BCUT2D eigenvalue weighted by molar-refractivity contribution is 0.0236. The molecular weight excluding hydrogens is 342 g/mol. The van der Waals surface area contributed by atoms with Crippen LogP contribution in [0.2, 0.25) is 0 Å². The number of carboxylic acid groups (broad SMARTS) is 1. The van der Waals surface area contributed by atoms with Crippen molar-refractivity contribution in [1.82, 2.24) is 14.8 Å². The van der Waals surface area contributed by atoms with Gasteiger partial charge in [-0.25, -0.2) is 9.78 Å². The highest BCUT2D eigenvalue weighted by Crippen LogP contribution is 2.26. The Bertz CT molecular complexity index is 751. The standard InChI is InChI=1S/C17H23N3O4S/c1-11-8-20(17(22)23)6-5-19(11)9-13(21)10-24-14-3-4-15-16(7-14)25-12(2)18-15/h3-4,7,11,13,21H,5-6,8-10H2,1-2H3,(H,22,23)/t11-,13-/m0/s1. The van der Waals surface area contributed by atoms with Crippen molar-refractivity contribution in [2.45, 2.75) is 26.0 Å². The van der Waals surface area contributed by atoms with Gasteiger partial charge in [0.1, 0.15) is 18.5 Å². The fourth-order valence-electron chi connectivity index (χ4n) is 3.07. The Labute approximate surface area is 150 Å². The molecule has 1 amide bonds. The fourth-order valence-corrected chi connectivity index (χ4v) is 3.92. The van der Waals surface area contributed by atoms with Gasteiger partial charge in [-0.3, -0.25) is 4.90 Å². The number of β-amino-alcohol motifs (C(OH)–C–C–N with tert-alkyl or cyclic N) is 1. The third-order valence-electron chi connectivity index (χ3n) is 4.39. The molecule has 2 atom stereocenters. The van der Waals surface area contributed by atoms with Crippen LogP contribution in [0.4, 0.5) is 4.79 Å². The van der Waals surface area contributed by atoms with Crippen LogP contribution in [0, 0.1) is 6.92 Å². The summed E-state index contributed by atoms with van der Waals surface area (Å²) in [7, 11) is 0. The largest absolute Gasteiger partial charge is 0.491 e. The molecule has 0 spiro atoms. The number of hydrogen-bond donors (Lipinski definition) is 2. The van der Waals surface area contributed by atoms with Crippen LogP contribution < -0.4 is 4.74 Å². The summed E-state index contributed by atoms with van der Waals surface area (Å²) >= 11 is 1.62. The van der Waals surface area contributed by atoms with Gasteiger partial charge in [-0.2, -0.15) is 0 Å². The number of amides is 1. The molecule has 1 aliphatic rings. The van der Waals surface area contributed by atoms with Crippen LogP contribution in [-0.2, 0) is 0 Å². The van der Waals surface area contributed by atoms with Crippen LogP contribution in [0.25, 0.3) is 10.2 Å². The van der Waals surface area contributed by atoms with Crippen LogP contribution in [-0.4, -0.2) is 76.0 Å². The average molecular weight is 365 g/mol. The van der Waals surface area contributed by atoms with Crippen LogP contribution in [0.15, 0.2) is 18.2 Å². The summed E-state index contributed by atoms with van der Waals surface area (Å²) in [5.74, 6) is 0.721. The molecule has 0 bridgehead atoms. The van der Waals surface area contributed by atoms with Gasteiger partial charge < -0.3 is 19.8 Å². The van der Waals surface area contributed by atoms with E-state index in [1.54, 1.807) is 11.3 Å². The molecule has 0 unspecified atom stereocenters. The Morgan fingerprint density at radius 1 is 1.48 bits per heavy atom. The summed E-state index contributed by atoms with van der Waals surface area (Å²) in [6, 6.07) is 5.81. The molecule has 0 aliphatic carbocycles. The van der Waals surface area contributed by atoms with Gasteiger partial charge in [-0.1, -0.05) is 0 Å². The second kappa shape index (κ2) is 7.55. The molecule has 1 aliphatic heterocycles. The van der Waals surface area contributed by atoms with Gasteiger partial charge in [-0.05, 0) is 32.0 Å². The quantitative estimate of drug-likeness (QED) is 0.843. The maximum absolute atomic E-state index is 11.0. The van der Waals surface area contributed by atoms with Crippen LogP contribution >= 0.6 is 11.3 Å². The summed E-state index contributed by atoms with van der Waals surface area (Å²) in [5.41, 5.74) is 0.959. The third-order valence-corrected chi connectivity index (χ3v) is 5.32. The molecule has 2 heterocycles. The van der Waals surface area contributed by atoms with Gasteiger partial charge >= 0.3 is 6.09 Å². The summed E-state index contributed by atoms with van der Waals surface area (Å²) in [5, 5.41) is 20.3. The van der Waals surface area contributed by atoms with E-state index < -0.39 is 12.2 Å². The lowest BCUT2D eigenvalue weighted by atomic mass is 10.2. The summed E-state index contributed by atoms with van der Waals surface area (Å²) < 4.78 is 6.79. The number of piperazine rings is 1. The van der Waals surface area contributed by atoms with Crippen molar-refractivity contribution in [3.63, 3.8) is 0 Å². The highest BCUT2D eigenvalue weighted by molar-refractivity contribution is 7.18. The zero-order valence-corrected chi connectivity index (χ0v) is 15.2.